The van der Waals surface area contributed by atoms with Crippen LogP contribution in [-0.4, -0.2) is 23.9 Å². The van der Waals surface area contributed by atoms with Gasteiger partial charge in [0.05, 0.1) is 6.10 Å². The Bertz CT molecular complexity index is 408. The number of benzene rings is 1. The molecule has 1 aliphatic carbocycles. The second-order valence-corrected chi connectivity index (χ2v) is 5.49. The van der Waals surface area contributed by atoms with Crippen LogP contribution in [0, 0.1) is 13.8 Å². The monoisotopic (exact) mass is 263 g/mol. The van der Waals surface area contributed by atoms with Crippen LogP contribution in [0.3, 0.4) is 0 Å². The number of hydrogen-bond acceptors (Lipinski definition) is 3. The zero-order valence-electron chi connectivity index (χ0n) is 12.2. The van der Waals surface area contributed by atoms with Crippen LogP contribution >= 0.6 is 0 Å². The first-order valence-corrected chi connectivity index (χ1v) is 7.27. The summed E-state index contributed by atoms with van der Waals surface area (Å²) in [4.78, 5) is 0. The summed E-state index contributed by atoms with van der Waals surface area (Å²) in [5.41, 5.74) is 3.61. The normalized spacial score (nSPS) is 22.7. The van der Waals surface area contributed by atoms with E-state index in [0.717, 1.165) is 49.2 Å². The van der Waals surface area contributed by atoms with Gasteiger partial charge in [-0.2, -0.15) is 0 Å². The minimum Gasteiger partial charge on any atom is -0.487 e. The molecule has 1 aromatic rings. The highest BCUT2D eigenvalue weighted by Crippen LogP contribution is 2.30. The average molecular weight is 263 g/mol. The van der Waals surface area contributed by atoms with Crippen molar-refractivity contribution in [2.75, 3.05) is 6.54 Å². The molecular weight excluding hydrogens is 238 g/mol. The molecule has 1 aromatic carbocycles. The maximum absolute atomic E-state index is 9.87. The molecule has 1 aliphatic rings. The van der Waals surface area contributed by atoms with E-state index in [1.165, 1.54) is 5.56 Å². The highest BCUT2D eigenvalue weighted by molar-refractivity contribution is 5.43. The zero-order valence-corrected chi connectivity index (χ0v) is 12.2. The van der Waals surface area contributed by atoms with Gasteiger partial charge in [-0.05, 0) is 56.3 Å². The molecule has 2 atom stereocenters. The number of hydrogen-bond donors (Lipinski definition) is 2. The predicted molar refractivity (Wildman–Crippen MR) is 77.6 cm³/mol. The summed E-state index contributed by atoms with van der Waals surface area (Å²) >= 11 is 0. The van der Waals surface area contributed by atoms with Crippen LogP contribution in [0.1, 0.15) is 42.9 Å². The maximum atomic E-state index is 9.87. The van der Waals surface area contributed by atoms with Crippen molar-refractivity contribution in [3.05, 3.63) is 28.8 Å². The molecule has 2 unspecified atom stereocenters. The Kier molecular flexibility index (Phi) is 4.83. The lowest BCUT2D eigenvalue weighted by Gasteiger charge is -2.21. The summed E-state index contributed by atoms with van der Waals surface area (Å²) in [6.07, 6.45) is 2.54. The van der Waals surface area contributed by atoms with E-state index in [1.807, 2.05) is 0 Å². The fourth-order valence-electron chi connectivity index (χ4n) is 2.79. The van der Waals surface area contributed by atoms with Gasteiger partial charge in [-0.3, -0.25) is 0 Å². The fourth-order valence-corrected chi connectivity index (χ4v) is 2.79. The number of aliphatic hydroxyl groups excluding tert-OH is 1. The molecule has 0 aliphatic heterocycles. The molecule has 1 saturated carbocycles. The van der Waals surface area contributed by atoms with Crippen LogP contribution in [0.5, 0.6) is 5.75 Å². The Hall–Kier alpha value is -1.06. The summed E-state index contributed by atoms with van der Waals surface area (Å²) in [7, 11) is 0. The molecule has 0 radical (unpaired) electrons. The molecule has 0 heterocycles. The Morgan fingerprint density at radius 1 is 1.26 bits per heavy atom. The van der Waals surface area contributed by atoms with E-state index >= 15 is 0 Å². The predicted octanol–water partition coefficient (Wildman–Crippen LogP) is 2.71. The van der Waals surface area contributed by atoms with Crippen molar-refractivity contribution in [2.24, 2.45) is 0 Å². The largest absolute Gasteiger partial charge is 0.487 e. The summed E-state index contributed by atoms with van der Waals surface area (Å²) in [5.74, 6) is 0.950. The van der Waals surface area contributed by atoms with E-state index in [2.05, 4.69) is 38.2 Å². The maximum Gasteiger partial charge on any atom is 0.125 e. The number of nitrogens with one attached hydrogen (secondary N) is 1. The molecule has 2 N–H and O–H groups in total. The molecule has 3 nitrogen and oxygen atoms in total. The van der Waals surface area contributed by atoms with Gasteiger partial charge in [-0.25, -0.2) is 0 Å². The van der Waals surface area contributed by atoms with Gasteiger partial charge in [0.2, 0.25) is 0 Å². The molecule has 3 heteroatoms. The van der Waals surface area contributed by atoms with Crippen LogP contribution in [0.4, 0.5) is 0 Å². The summed E-state index contributed by atoms with van der Waals surface area (Å²) in [5, 5.41) is 13.2. The van der Waals surface area contributed by atoms with Gasteiger partial charge in [0.15, 0.2) is 0 Å². The fraction of sp³-hybridized carbons (Fsp3) is 0.625. The molecule has 2 rings (SSSR count). The van der Waals surface area contributed by atoms with Crippen molar-refractivity contribution in [3.8, 4) is 5.75 Å². The Balaban J connectivity index is 2.12. The van der Waals surface area contributed by atoms with Crippen molar-refractivity contribution in [3.63, 3.8) is 0 Å². The Morgan fingerprint density at radius 2 is 1.95 bits per heavy atom. The molecule has 0 bridgehead atoms. The second-order valence-electron chi connectivity index (χ2n) is 5.49. The van der Waals surface area contributed by atoms with Crippen molar-refractivity contribution in [1.29, 1.82) is 0 Å². The van der Waals surface area contributed by atoms with Gasteiger partial charge < -0.3 is 15.2 Å². The zero-order chi connectivity index (χ0) is 13.8. The molecule has 0 saturated heterocycles. The third kappa shape index (κ3) is 3.48. The summed E-state index contributed by atoms with van der Waals surface area (Å²) in [6, 6.07) is 4.35. The topological polar surface area (TPSA) is 41.5 Å². The van der Waals surface area contributed by atoms with Crippen LogP contribution in [0.25, 0.3) is 0 Å². The Morgan fingerprint density at radius 3 is 2.47 bits per heavy atom. The molecule has 19 heavy (non-hydrogen) atoms. The van der Waals surface area contributed by atoms with Gasteiger partial charge in [-0.15, -0.1) is 0 Å². The molecule has 1 fully saturated rings. The SMILES string of the molecule is CCNCc1cc(C)c(OC2CCCC2O)c(C)c1. The molecular formula is C16H25NO2. The standard InChI is InChI=1S/C16H25NO2/c1-4-17-10-13-8-11(2)16(12(3)9-13)19-15-7-5-6-14(15)18/h8-9,14-15,17-18H,4-7,10H2,1-3H3. The lowest BCUT2D eigenvalue weighted by molar-refractivity contribution is 0.0595. The summed E-state index contributed by atoms with van der Waals surface area (Å²) < 4.78 is 6.04. The van der Waals surface area contributed by atoms with E-state index in [1.54, 1.807) is 0 Å². The molecule has 0 spiro atoms. The van der Waals surface area contributed by atoms with Gasteiger partial charge >= 0.3 is 0 Å². The first-order valence-electron chi connectivity index (χ1n) is 7.27. The quantitative estimate of drug-likeness (QED) is 0.858. The van der Waals surface area contributed by atoms with E-state index < -0.39 is 0 Å². The summed E-state index contributed by atoms with van der Waals surface area (Å²) in [6.45, 7) is 8.14. The lowest BCUT2D eigenvalue weighted by Crippen LogP contribution is -2.26. The lowest BCUT2D eigenvalue weighted by atomic mass is 10.1. The molecule has 0 amide bonds. The first kappa shape index (κ1) is 14.4. The van der Waals surface area contributed by atoms with Crippen molar-refractivity contribution in [2.45, 2.75) is 58.8 Å². The minimum absolute atomic E-state index is 0.0305. The smallest absolute Gasteiger partial charge is 0.125 e. The number of aliphatic hydroxyl groups is 1. The van der Waals surface area contributed by atoms with Gasteiger partial charge in [0.25, 0.3) is 0 Å². The van der Waals surface area contributed by atoms with E-state index in [9.17, 15) is 5.11 Å². The van der Waals surface area contributed by atoms with E-state index in [0.29, 0.717) is 0 Å². The highest BCUT2D eigenvalue weighted by Gasteiger charge is 2.27. The minimum atomic E-state index is -0.305. The van der Waals surface area contributed by atoms with Gasteiger partial charge in [0, 0.05) is 6.54 Å². The van der Waals surface area contributed by atoms with E-state index in [-0.39, 0.29) is 12.2 Å². The number of ether oxygens (including phenoxy) is 1. The second kappa shape index (κ2) is 6.40. The van der Waals surface area contributed by atoms with Crippen LogP contribution in [0.2, 0.25) is 0 Å². The van der Waals surface area contributed by atoms with Crippen LogP contribution < -0.4 is 10.1 Å². The molecule has 106 valence electrons. The first-order chi connectivity index (χ1) is 9.11. The van der Waals surface area contributed by atoms with Crippen LogP contribution in [-0.2, 0) is 6.54 Å². The average Bonchev–Trinajstić information content (AvgIpc) is 2.77. The number of rotatable bonds is 5. The third-order valence-electron chi connectivity index (χ3n) is 3.79. The Labute approximate surface area is 116 Å². The van der Waals surface area contributed by atoms with Gasteiger partial charge in [-0.1, -0.05) is 19.1 Å². The van der Waals surface area contributed by atoms with Gasteiger partial charge in [0.1, 0.15) is 11.9 Å². The molecule has 0 aromatic heterocycles. The van der Waals surface area contributed by atoms with E-state index in [4.69, 9.17) is 4.74 Å². The number of aryl methyl sites for hydroxylation is 2. The third-order valence-corrected chi connectivity index (χ3v) is 3.79. The van der Waals surface area contributed by atoms with Crippen molar-refractivity contribution in [1.82, 2.24) is 5.32 Å². The van der Waals surface area contributed by atoms with Crippen LogP contribution in [0.15, 0.2) is 12.1 Å². The van der Waals surface area contributed by atoms with Crippen molar-refractivity contribution >= 4 is 0 Å². The van der Waals surface area contributed by atoms with Crippen molar-refractivity contribution < 1.29 is 9.84 Å². The highest BCUT2D eigenvalue weighted by atomic mass is 16.5.